The summed E-state index contributed by atoms with van der Waals surface area (Å²) in [5.74, 6) is -1.79. The van der Waals surface area contributed by atoms with Crippen LogP contribution in [0.25, 0.3) is 0 Å². The molecule has 0 radical (unpaired) electrons. The van der Waals surface area contributed by atoms with E-state index in [1.165, 1.54) is 19.1 Å². The number of hydrogen-bond donors (Lipinski definition) is 1. The summed E-state index contributed by atoms with van der Waals surface area (Å²) in [6.07, 6.45) is -0.776. The summed E-state index contributed by atoms with van der Waals surface area (Å²) in [6, 6.07) is 13.2. The van der Waals surface area contributed by atoms with Gasteiger partial charge in [-0.25, -0.2) is 14.0 Å². The van der Waals surface area contributed by atoms with Gasteiger partial charge in [-0.15, -0.1) is 0 Å². The standard InChI is InChI=1S/C20H22FNO4/c1-4-22(19(25)26-13-15-8-6-5-7-9-15)20(3,18(23)24)16-11-10-14(2)17(21)12-16/h5-12H,4,13H2,1-3H3,(H,23,24). The minimum absolute atomic E-state index is 0.0220. The molecule has 0 aliphatic rings. The monoisotopic (exact) mass is 359 g/mol. The Morgan fingerprint density at radius 1 is 1.19 bits per heavy atom. The van der Waals surface area contributed by atoms with Crippen molar-refractivity contribution in [3.8, 4) is 0 Å². The van der Waals surface area contributed by atoms with Gasteiger partial charge in [0, 0.05) is 6.54 Å². The lowest BCUT2D eigenvalue weighted by molar-refractivity contribution is -0.150. The lowest BCUT2D eigenvalue weighted by Crippen LogP contribution is -2.52. The number of carboxylic acids is 1. The molecule has 1 atom stereocenters. The molecule has 5 nitrogen and oxygen atoms in total. The Labute approximate surface area is 152 Å². The van der Waals surface area contributed by atoms with E-state index in [9.17, 15) is 19.1 Å². The zero-order valence-electron chi connectivity index (χ0n) is 15.0. The predicted octanol–water partition coefficient (Wildman–Crippen LogP) is 4.09. The van der Waals surface area contributed by atoms with E-state index < -0.39 is 23.4 Å². The van der Waals surface area contributed by atoms with Crippen LogP contribution in [0.3, 0.4) is 0 Å². The predicted molar refractivity (Wildman–Crippen MR) is 95.1 cm³/mol. The third-order valence-corrected chi connectivity index (χ3v) is 4.43. The van der Waals surface area contributed by atoms with Gasteiger partial charge >= 0.3 is 12.1 Å². The van der Waals surface area contributed by atoms with Crippen molar-refractivity contribution in [2.45, 2.75) is 32.9 Å². The highest BCUT2D eigenvalue weighted by atomic mass is 19.1. The number of carboxylic acid groups (broad SMARTS) is 1. The highest BCUT2D eigenvalue weighted by molar-refractivity contribution is 5.85. The largest absolute Gasteiger partial charge is 0.479 e. The van der Waals surface area contributed by atoms with Gasteiger partial charge in [0.1, 0.15) is 12.4 Å². The maximum atomic E-state index is 14.0. The van der Waals surface area contributed by atoms with E-state index in [4.69, 9.17) is 4.74 Å². The molecule has 1 N–H and O–H groups in total. The summed E-state index contributed by atoms with van der Waals surface area (Å²) in [5.41, 5.74) is -0.394. The number of likely N-dealkylation sites (N-methyl/N-ethyl adjacent to an activating group) is 1. The molecule has 6 heteroatoms. The number of benzene rings is 2. The number of rotatable bonds is 6. The number of hydrogen-bond acceptors (Lipinski definition) is 3. The number of aryl methyl sites for hydroxylation is 1. The molecule has 0 spiro atoms. The van der Waals surface area contributed by atoms with Gasteiger partial charge in [-0.3, -0.25) is 4.90 Å². The fourth-order valence-corrected chi connectivity index (χ4v) is 2.72. The summed E-state index contributed by atoms with van der Waals surface area (Å²) in [4.78, 5) is 25.7. The molecule has 2 aromatic rings. The lowest BCUT2D eigenvalue weighted by atomic mass is 9.89. The molecule has 0 fully saturated rings. The van der Waals surface area contributed by atoms with Crippen molar-refractivity contribution in [3.63, 3.8) is 0 Å². The maximum absolute atomic E-state index is 14.0. The normalized spacial score (nSPS) is 12.9. The molecule has 1 unspecified atom stereocenters. The maximum Gasteiger partial charge on any atom is 0.411 e. The van der Waals surface area contributed by atoms with Crippen LogP contribution in [-0.4, -0.2) is 28.6 Å². The van der Waals surface area contributed by atoms with Crippen molar-refractivity contribution < 1.29 is 23.8 Å². The van der Waals surface area contributed by atoms with E-state index in [1.54, 1.807) is 26.0 Å². The third kappa shape index (κ3) is 3.85. The molecule has 0 saturated carbocycles. The number of amides is 1. The van der Waals surface area contributed by atoms with Crippen LogP contribution >= 0.6 is 0 Å². The van der Waals surface area contributed by atoms with Crippen LogP contribution in [0.4, 0.5) is 9.18 Å². The summed E-state index contributed by atoms with van der Waals surface area (Å²) in [6.45, 7) is 4.71. The van der Waals surface area contributed by atoms with E-state index in [-0.39, 0.29) is 18.7 Å². The summed E-state index contributed by atoms with van der Waals surface area (Å²) < 4.78 is 19.3. The van der Waals surface area contributed by atoms with Crippen LogP contribution in [0, 0.1) is 12.7 Å². The summed E-state index contributed by atoms with van der Waals surface area (Å²) in [5, 5.41) is 9.81. The molecular formula is C20H22FNO4. The smallest absolute Gasteiger partial charge is 0.411 e. The topological polar surface area (TPSA) is 66.8 Å². The average molecular weight is 359 g/mol. The van der Waals surface area contributed by atoms with Crippen LogP contribution in [0.15, 0.2) is 48.5 Å². The first-order valence-electron chi connectivity index (χ1n) is 8.29. The molecule has 0 saturated heterocycles. The second kappa shape index (κ2) is 7.99. The zero-order chi connectivity index (χ0) is 19.3. The first kappa shape index (κ1) is 19.4. The minimum Gasteiger partial charge on any atom is -0.479 e. The number of carbonyl (C=O) groups excluding carboxylic acids is 1. The van der Waals surface area contributed by atoms with E-state index in [1.807, 2.05) is 18.2 Å². The van der Waals surface area contributed by atoms with Gasteiger partial charge in [-0.1, -0.05) is 42.5 Å². The molecule has 26 heavy (non-hydrogen) atoms. The fraction of sp³-hybridized carbons (Fsp3) is 0.300. The van der Waals surface area contributed by atoms with Gasteiger partial charge in [-0.2, -0.15) is 0 Å². The minimum atomic E-state index is -1.75. The molecule has 0 bridgehead atoms. The van der Waals surface area contributed by atoms with Gasteiger partial charge in [0.2, 0.25) is 0 Å². The van der Waals surface area contributed by atoms with Gasteiger partial charge in [0.25, 0.3) is 0 Å². The van der Waals surface area contributed by atoms with Crippen molar-refractivity contribution in [1.29, 1.82) is 0 Å². The number of carbonyl (C=O) groups is 2. The highest BCUT2D eigenvalue weighted by Gasteiger charge is 2.44. The number of nitrogens with zero attached hydrogens (tertiary/aromatic N) is 1. The second-order valence-corrected chi connectivity index (χ2v) is 6.13. The number of aliphatic carboxylic acids is 1. The zero-order valence-corrected chi connectivity index (χ0v) is 15.0. The van der Waals surface area contributed by atoms with Crippen LogP contribution < -0.4 is 0 Å². The second-order valence-electron chi connectivity index (χ2n) is 6.13. The van der Waals surface area contributed by atoms with Gasteiger partial charge < -0.3 is 9.84 Å². The van der Waals surface area contributed by atoms with Crippen molar-refractivity contribution in [2.24, 2.45) is 0 Å². The Morgan fingerprint density at radius 3 is 2.38 bits per heavy atom. The van der Waals surface area contributed by atoms with Crippen LogP contribution in [0.1, 0.15) is 30.5 Å². The molecule has 2 rings (SSSR count). The molecule has 0 aromatic heterocycles. The molecule has 0 aliphatic carbocycles. The van der Waals surface area contributed by atoms with Crippen LogP contribution in [0.5, 0.6) is 0 Å². The van der Waals surface area contributed by atoms with Crippen molar-refractivity contribution in [3.05, 3.63) is 71.0 Å². The quantitative estimate of drug-likeness (QED) is 0.843. The van der Waals surface area contributed by atoms with E-state index in [0.717, 1.165) is 16.5 Å². The summed E-state index contributed by atoms with van der Waals surface area (Å²) in [7, 11) is 0. The van der Waals surface area contributed by atoms with E-state index in [0.29, 0.717) is 5.56 Å². The van der Waals surface area contributed by atoms with Crippen LogP contribution in [-0.2, 0) is 21.7 Å². The average Bonchev–Trinajstić information content (AvgIpc) is 2.63. The molecular weight excluding hydrogens is 337 g/mol. The Balaban J connectivity index is 2.31. The first-order valence-corrected chi connectivity index (χ1v) is 8.29. The van der Waals surface area contributed by atoms with Gasteiger partial charge in [-0.05, 0) is 43.5 Å². The summed E-state index contributed by atoms with van der Waals surface area (Å²) >= 11 is 0. The third-order valence-electron chi connectivity index (χ3n) is 4.43. The van der Waals surface area contributed by atoms with Crippen LogP contribution in [0.2, 0.25) is 0 Å². The Kier molecular flexibility index (Phi) is 5.97. The number of ether oxygens (including phenoxy) is 1. The van der Waals surface area contributed by atoms with E-state index >= 15 is 0 Å². The number of halogens is 1. The van der Waals surface area contributed by atoms with Crippen molar-refractivity contribution in [2.75, 3.05) is 6.54 Å². The fourth-order valence-electron chi connectivity index (χ4n) is 2.72. The molecule has 2 aromatic carbocycles. The SMILES string of the molecule is CCN(C(=O)OCc1ccccc1)C(C)(C(=O)O)c1ccc(C)c(F)c1. The Hall–Kier alpha value is -2.89. The Morgan fingerprint density at radius 2 is 1.85 bits per heavy atom. The Bertz CT molecular complexity index is 794. The molecule has 138 valence electrons. The first-order chi connectivity index (χ1) is 12.3. The van der Waals surface area contributed by atoms with E-state index in [2.05, 4.69) is 0 Å². The van der Waals surface area contributed by atoms with Crippen molar-refractivity contribution >= 4 is 12.1 Å². The highest BCUT2D eigenvalue weighted by Crippen LogP contribution is 2.31. The lowest BCUT2D eigenvalue weighted by Gasteiger charge is -2.37. The van der Waals surface area contributed by atoms with Gasteiger partial charge in [0.15, 0.2) is 5.54 Å². The molecule has 0 heterocycles. The molecule has 1 amide bonds. The van der Waals surface area contributed by atoms with Crippen molar-refractivity contribution in [1.82, 2.24) is 4.90 Å². The molecule has 0 aliphatic heterocycles. The van der Waals surface area contributed by atoms with Gasteiger partial charge in [0.05, 0.1) is 0 Å².